The first kappa shape index (κ1) is 21.0. The molecule has 2 amide bonds. The highest BCUT2D eigenvalue weighted by molar-refractivity contribution is 6.01. The summed E-state index contributed by atoms with van der Waals surface area (Å²) < 4.78 is 9.82. The number of fused-ring (bicyclic) bond motifs is 1. The normalized spacial score (nSPS) is 12.6. The molecule has 0 fully saturated rings. The summed E-state index contributed by atoms with van der Waals surface area (Å²) in [6, 6.07) is 11.5. The zero-order valence-electron chi connectivity index (χ0n) is 16.4. The van der Waals surface area contributed by atoms with Crippen molar-refractivity contribution in [3.8, 4) is 5.75 Å². The monoisotopic (exact) mass is 384 g/mol. The number of methoxy groups -OCH3 is 2. The maximum Gasteiger partial charge on any atom is 0.337 e. The third-order valence-electron chi connectivity index (χ3n) is 4.12. The Hall–Kier alpha value is -3.35. The van der Waals surface area contributed by atoms with Crippen LogP contribution in [0.3, 0.4) is 0 Å². The number of hydrogen-bond donors (Lipinski definition) is 1. The first-order valence-electron chi connectivity index (χ1n) is 8.96. The molecule has 0 aromatic heterocycles. The molecule has 2 aromatic rings. The average molecular weight is 384 g/mol. The van der Waals surface area contributed by atoms with Gasteiger partial charge in [0.15, 0.2) is 0 Å². The van der Waals surface area contributed by atoms with Crippen LogP contribution in [0, 0.1) is 0 Å². The van der Waals surface area contributed by atoms with Crippen LogP contribution in [0.4, 0.5) is 5.69 Å². The second kappa shape index (κ2) is 9.55. The van der Waals surface area contributed by atoms with Crippen LogP contribution in [0.1, 0.15) is 40.1 Å². The van der Waals surface area contributed by atoms with Gasteiger partial charge in [-0.2, -0.15) is 0 Å². The third kappa shape index (κ3) is 4.68. The lowest BCUT2D eigenvalue weighted by Crippen LogP contribution is -2.35. The van der Waals surface area contributed by atoms with Crippen molar-refractivity contribution >= 4 is 23.5 Å². The van der Waals surface area contributed by atoms with Crippen LogP contribution in [0.5, 0.6) is 5.75 Å². The van der Waals surface area contributed by atoms with E-state index in [-0.39, 0.29) is 24.9 Å². The van der Waals surface area contributed by atoms with E-state index in [1.165, 1.54) is 12.0 Å². The van der Waals surface area contributed by atoms with E-state index in [1.807, 2.05) is 13.8 Å². The third-order valence-corrected chi connectivity index (χ3v) is 4.12. The van der Waals surface area contributed by atoms with Crippen LogP contribution in [0.2, 0.25) is 0 Å². The molecule has 7 heteroatoms. The number of benzene rings is 2. The predicted molar refractivity (Wildman–Crippen MR) is 105 cm³/mol. The van der Waals surface area contributed by atoms with Crippen molar-refractivity contribution in [3.05, 3.63) is 59.2 Å². The summed E-state index contributed by atoms with van der Waals surface area (Å²) in [6.45, 7) is 4.12. The number of ether oxygens (including phenoxy) is 2. The highest BCUT2D eigenvalue weighted by Gasteiger charge is 2.25. The fourth-order valence-corrected chi connectivity index (χ4v) is 2.78. The van der Waals surface area contributed by atoms with E-state index in [2.05, 4.69) is 5.32 Å². The van der Waals surface area contributed by atoms with Crippen molar-refractivity contribution in [3.63, 3.8) is 0 Å². The standard InChI is InChI=1S/C19H18N2O5.C2H6/c1-25-15-6-3-12(4-7-15)18(23)21-10-14-9-13(19(24)26-2)5-8-16(14)20-17(22)11-21;1-2/h3-9H,10-11H2,1-2H3,(H,20,22);1-2H3. The van der Waals surface area contributed by atoms with Crippen LogP contribution >= 0.6 is 0 Å². The fourth-order valence-electron chi connectivity index (χ4n) is 2.78. The van der Waals surface area contributed by atoms with Gasteiger partial charge in [-0.25, -0.2) is 4.79 Å². The molecule has 1 aliphatic rings. The van der Waals surface area contributed by atoms with Crippen LogP contribution < -0.4 is 10.1 Å². The minimum Gasteiger partial charge on any atom is -0.497 e. The zero-order chi connectivity index (χ0) is 20.7. The van der Waals surface area contributed by atoms with Gasteiger partial charge in [0.05, 0.1) is 19.8 Å². The molecule has 0 radical (unpaired) electrons. The Morgan fingerprint density at radius 2 is 1.61 bits per heavy atom. The Bertz CT molecular complexity index is 862. The van der Waals surface area contributed by atoms with Gasteiger partial charge >= 0.3 is 5.97 Å². The summed E-state index contributed by atoms with van der Waals surface area (Å²) in [4.78, 5) is 38.1. The van der Waals surface area contributed by atoms with E-state index in [1.54, 1.807) is 49.6 Å². The van der Waals surface area contributed by atoms with Crippen LogP contribution in [0.15, 0.2) is 42.5 Å². The largest absolute Gasteiger partial charge is 0.497 e. The lowest BCUT2D eigenvalue weighted by atomic mass is 10.1. The summed E-state index contributed by atoms with van der Waals surface area (Å²) in [5.41, 5.74) is 2.05. The Balaban J connectivity index is 0.00000136. The Morgan fingerprint density at radius 3 is 2.21 bits per heavy atom. The summed E-state index contributed by atoms with van der Waals surface area (Å²) in [5.74, 6) is -0.407. The molecule has 0 bridgehead atoms. The van der Waals surface area contributed by atoms with E-state index >= 15 is 0 Å². The molecule has 148 valence electrons. The van der Waals surface area contributed by atoms with Gasteiger partial charge < -0.3 is 19.7 Å². The molecule has 0 saturated carbocycles. The maximum absolute atomic E-state index is 12.8. The van der Waals surface area contributed by atoms with Crippen molar-refractivity contribution in [2.75, 3.05) is 26.1 Å². The smallest absolute Gasteiger partial charge is 0.337 e. The van der Waals surface area contributed by atoms with Crippen LogP contribution in [-0.4, -0.2) is 43.4 Å². The number of rotatable bonds is 3. The summed E-state index contributed by atoms with van der Waals surface area (Å²) >= 11 is 0. The number of nitrogens with one attached hydrogen (secondary N) is 1. The van der Waals surface area contributed by atoms with Gasteiger partial charge in [-0.3, -0.25) is 9.59 Å². The summed E-state index contributed by atoms with van der Waals surface area (Å²) in [7, 11) is 2.85. The van der Waals surface area contributed by atoms with Gasteiger partial charge in [0, 0.05) is 17.8 Å². The van der Waals surface area contributed by atoms with Gasteiger partial charge in [-0.1, -0.05) is 13.8 Å². The van der Waals surface area contributed by atoms with E-state index in [4.69, 9.17) is 9.47 Å². The van der Waals surface area contributed by atoms with E-state index < -0.39 is 5.97 Å². The highest BCUT2D eigenvalue weighted by Crippen LogP contribution is 2.24. The number of esters is 1. The number of anilines is 1. The first-order chi connectivity index (χ1) is 13.5. The quantitative estimate of drug-likeness (QED) is 0.822. The summed E-state index contributed by atoms with van der Waals surface area (Å²) in [5, 5.41) is 2.76. The average Bonchev–Trinajstić information content (AvgIpc) is 2.91. The minimum absolute atomic E-state index is 0.0763. The number of carbonyl (C=O) groups is 3. The lowest BCUT2D eigenvalue weighted by Gasteiger charge is -2.20. The zero-order valence-corrected chi connectivity index (χ0v) is 16.4. The number of amides is 2. The molecule has 0 atom stereocenters. The van der Waals surface area contributed by atoms with Crippen molar-refractivity contribution in [1.29, 1.82) is 0 Å². The molecule has 1 heterocycles. The lowest BCUT2D eigenvalue weighted by molar-refractivity contribution is -0.116. The van der Waals surface area contributed by atoms with E-state index in [9.17, 15) is 14.4 Å². The minimum atomic E-state index is -0.476. The predicted octanol–water partition coefficient (Wildman–Crippen LogP) is 3.10. The SMILES string of the molecule is CC.COC(=O)c1ccc2c(c1)CN(C(=O)c1ccc(OC)cc1)CC(=O)N2. The van der Waals surface area contributed by atoms with Crippen molar-refractivity contribution in [2.45, 2.75) is 20.4 Å². The molecule has 0 saturated heterocycles. The highest BCUT2D eigenvalue weighted by atomic mass is 16.5. The molecule has 0 aliphatic carbocycles. The maximum atomic E-state index is 12.8. The van der Waals surface area contributed by atoms with Crippen molar-refractivity contribution in [2.24, 2.45) is 0 Å². The number of carbonyl (C=O) groups excluding carboxylic acids is 3. The van der Waals surface area contributed by atoms with Gasteiger partial charge in [0.25, 0.3) is 5.91 Å². The first-order valence-corrected chi connectivity index (χ1v) is 8.96. The van der Waals surface area contributed by atoms with E-state index in [0.29, 0.717) is 28.1 Å². The van der Waals surface area contributed by atoms with Gasteiger partial charge in [0.2, 0.25) is 5.91 Å². The topological polar surface area (TPSA) is 84.9 Å². The van der Waals surface area contributed by atoms with Crippen molar-refractivity contribution < 1.29 is 23.9 Å². The molecule has 1 aliphatic heterocycles. The summed E-state index contributed by atoms with van der Waals surface area (Å²) in [6.07, 6.45) is 0. The molecule has 0 spiro atoms. The molecule has 1 N–H and O–H groups in total. The van der Waals surface area contributed by atoms with Crippen molar-refractivity contribution in [1.82, 2.24) is 4.90 Å². The molecule has 3 rings (SSSR count). The van der Waals surface area contributed by atoms with Gasteiger partial charge in [-0.15, -0.1) is 0 Å². The van der Waals surface area contributed by atoms with Crippen LogP contribution in [0.25, 0.3) is 0 Å². The van der Waals surface area contributed by atoms with E-state index in [0.717, 1.165) is 0 Å². The second-order valence-corrected chi connectivity index (χ2v) is 5.80. The Kier molecular flexibility index (Phi) is 7.14. The number of hydrogen-bond acceptors (Lipinski definition) is 5. The Labute approximate surface area is 164 Å². The molecule has 0 unspecified atom stereocenters. The van der Waals surface area contributed by atoms with Gasteiger partial charge in [0.1, 0.15) is 12.3 Å². The fraction of sp³-hybridized carbons (Fsp3) is 0.286. The molecular formula is C21H24N2O5. The number of nitrogens with zero attached hydrogens (tertiary/aromatic N) is 1. The molecule has 7 nitrogen and oxygen atoms in total. The molecular weight excluding hydrogens is 360 g/mol. The second-order valence-electron chi connectivity index (χ2n) is 5.80. The Morgan fingerprint density at radius 1 is 0.964 bits per heavy atom. The molecule has 28 heavy (non-hydrogen) atoms. The molecule has 2 aromatic carbocycles. The van der Waals surface area contributed by atoms with Crippen LogP contribution in [-0.2, 0) is 16.1 Å². The van der Waals surface area contributed by atoms with Gasteiger partial charge in [-0.05, 0) is 48.0 Å².